The predicted octanol–water partition coefficient (Wildman–Crippen LogP) is 2.64. The summed E-state index contributed by atoms with van der Waals surface area (Å²) in [6.45, 7) is 6.60. The highest BCUT2D eigenvalue weighted by Gasteiger charge is 2.48. The number of nitrogens with zero attached hydrogens (tertiary/aromatic N) is 2. The van der Waals surface area contributed by atoms with Crippen LogP contribution in [0.4, 0.5) is 0 Å². The number of aliphatic imine (C=N–C) groups is 1. The number of sulfone groups is 1. The lowest BCUT2D eigenvalue weighted by Crippen LogP contribution is -2.37. The highest BCUT2D eigenvalue weighted by Crippen LogP contribution is 2.39. The van der Waals surface area contributed by atoms with E-state index in [2.05, 4.69) is 4.99 Å². The van der Waals surface area contributed by atoms with Crippen molar-refractivity contribution in [3.8, 4) is 0 Å². The molecule has 25 heavy (non-hydrogen) atoms. The molecule has 0 aliphatic carbocycles. The van der Waals surface area contributed by atoms with Crippen molar-refractivity contribution in [2.75, 3.05) is 11.5 Å². The van der Waals surface area contributed by atoms with E-state index in [4.69, 9.17) is 0 Å². The SMILES string of the molecule is Cc1ccc(CN2C(=NC(=O)CC(C)C)SC3CS(=O)(=O)CC32)cc1. The van der Waals surface area contributed by atoms with Crippen LogP contribution < -0.4 is 0 Å². The first-order chi connectivity index (χ1) is 11.7. The Kier molecular flexibility index (Phi) is 5.25. The molecule has 0 radical (unpaired) electrons. The minimum atomic E-state index is -3.01. The number of carbonyl (C=O) groups excluding carboxylic acids is 1. The molecular formula is C18H24N2O3S2. The minimum absolute atomic E-state index is 0.0268. The molecule has 3 rings (SSSR count). The summed E-state index contributed by atoms with van der Waals surface area (Å²) in [6.07, 6.45) is 0.413. The van der Waals surface area contributed by atoms with Gasteiger partial charge < -0.3 is 4.90 Å². The molecule has 136 valence electrons. The van der Waals surface area contributed by atoms with Gasteiger partial charge in [0, 0.05) is 18.2 Å². The van der Waals surface area contributed by atoms with Crippen molar-refractivity contribution in [2.45, 2.75) is 45.0 Å². The fourth-order valence-corrected chi connectivity index (χ4v) is 7.18. The standard InChI is InChI=1S/C18H24N2O3S2/c1-12(2)8-17(21)19-18-20(9-14-6-4-13(3)5-7-14)15-10-25(22,23)11-16(15)24-18/h4-7,12,15-16H,8-11H2,1-3H3. The van der Waals surface area contributed by atoms with Crippen LogP contribution in [0.3, 0.4) is 0 Å². The Morgan fingerprint density at radius 3 is 2.60 bits per heavy atom. The van der Waals surface area contributed by atoms with E-state index in [1.807, 2.05) is 49.9 Å². The molecule has 0 spiro atoms. The van der Waals surface area contributed by atoms with Gasteiger partial charge in [0.25, 0.3) is 0 Å². The van der Waals surface area contributed by atoms with Crippen molar-refractivity contribution in [3.63, 3.8) is 0 Å². The number of aryl methyl sites for hydroxylation is 1. The largest absolute Gasteiger partial charge is 0.342 e. The van der Waals surface area contributed by atoms with Gasteiger partial charge in [-0.25, -0.2) is 8.42 Å². The van der Waals surface area contributed by atoms with Crippen molar-refractivity contribution in [3.05, 3.63) is 35.4 Å². The second-order valence-corrected chi connectivity index (χ2v) is 10.7. The molecule has 1 aromatic rings. The third kappa shape index (κ3) is 4.44. The van der Waals surface area contributed by atoms with Gasteiger partial charge in [-0.3, -0.25) is 4.79 Å². The molecule has 2 saturated heterocycles. The van der Waals surface area contributed by atoms with Gasteiger partial charge in [0.15, 0.2) is 15.0 Å². The van der Waals surface area contributed by atoms with Crippen LogP contribution in [-0.4, -0.2) is 47.2 Å². The average Bonchev–Trinajstić information content (AvgIpc) is 2.93. The maximum absolute atomic E-state index is 12.2. The molecule has 1 amide bonds. The van der Waals surface area contributed by atoms with E-state index in [0.717, 1.165) is 5.56 Å². The lowest BCUT2D eigenvalue weighted by atomic mass is 10.1. The Morgan fingerprint density at radius 1 is 1.28 bits per heavy atom. The number of carbonyl (C=O) groups is 1. The number of thioether (sulfide) groups is 1. The first-order valence-corrected chi connectivity index (χ1v) is 11.2. The number of hydrogen-bond donors (Lipinski definition) is 0. The van der Waals surface area contributed by atoms with Gasteiger partial charge in [0.2, 0.25) is 5.91 Å². The first kappa shape index (κ1) is 18.5. The summed E-state index contributed by atoms with van der Waals surface area (Å²) in [5, 5.41) is 0.650. The number of rotatable bonds is 4. The highest BCUT2D eigenvalue weighted by molar-refractivity contribution is 8.15. The number of fused-ring (bicyclic) bond motifs is 1. The molecule has 5 nitrogen and oxygen atoms in total. The third-order valence-electron chi connectivity index (χ3n) is 4.45. The molecule has 2 unspecified atom stereocenters. The van der Waals surface area contributed by atoms with E-state index in [0.29, 0.717) is 18.1 Å². The summed E-state index contributed by atoms with van der Waals surface area (Å²) in [7, 11) is -3.01. The molecular weight excluding hydrogens is 356 g/mol. The third-order valence-corrected chi connectivity index (χ3v) is 7.70. The minimum Gasteiger partial charge on any atom is -0.342 e. The van der Waals surface area contributed by atoms with Crippen LogP contribution in [0.25, 0.3) is 0 Å². The molecule has 1 aromatic carbocycles. The van der Waals surface area contributed by atoms with Crippen LogP contribution in [0.15, 0.2) is 29.3 Å². The van der Waals surface area contributed by atoms with E-state index in [9.17, 15) is 13.2 Å². The predicted molar refractivity (Wildman–Crippen MR) is 102 cm³/mol. The summed E-state index contributed by atoms with van der Waals surface area (Å²) >= 11 is 1.45. The zero-order chi connectivity index (χ0) is 18.2. The smallest absolute Gasteiger partial charge is 0.248 e. The maximum atomic E-state index is 12.2. The van der Waals surface area contributed by atoms with Crippen LogP contribution in [0, 0.1) is 12.8 Å². The van der Waals surface area contributed by atoms with Gasteiger partial charge in [0.1, 0.15) is 0 Å². The Labute approximate surface area is 153 Å². The molecule has 0 bridgehead atoms. The molecule has 2 aliphatic heterocycles. The van der Waals surface area contributed by atoms with Crippen molar-refractivity contribution >= 4 is 32.7 Å². The fourth-order valence-electron chi connectivity index (χ4n) is 3.21. The van der Waals surface area contributed by atoms with Crippen molar-refractivity contribution < 1.29 is 13.2 Å². The Hall–Kier alpha value is -1.34. The van der Waals surface area contributed by atoms with E-state index in [1.165, 1.54) is 17.3 Å². The Balaban J connectivity index is 1.85. The number of amidine groups is 1. The van der Waals surface area contributed by atoms with E-state index in [1.54, 1.807) is 0 Å². The van der Waals surface area contributed by atoms with Crippen LogP contribution in [0.2, 0.25) is 0 Å². The van der Waals surface area contributed by atoms with Gasteiger partial charge >= 0.3 is 0 Å². The second-order valence-electron chi connectivity index (χ2n) is 7.30. The fraction of sp³-hybridized carbons (Fsp3) is 0.556. The topological polar surface area (TPSA) is 66.8 Å². The van der Waals surface area contributed by atoms with Gasteiger partial charge in [-0.1, -0.05) is 55.4 Å². The molecule has 0 saturated carbocycles. The van der Waals surface area contributed by atoms with Crippen LogP contribution in [0.5, 0.6) is 0 Å². The zero-order valence-corrected chi connectivity index (χ0v) is 16.4. The van der Waals surface area contributed by atoms with Gasteiger partial charge in [-0.2, -0.15) is 4.99 Å². The summed E-state index contributed by atoms with van der Waals surface area (Å²) < 4.78 is 24.0. The first-order valence-electron chi connectivity index (χ1n) is 8.54. The van der Waals surface area contributed by atoms with Gasteiger partial charge in [-0.15, -0.1) is 0 Å². The summed E-state index contributed by atoms with van der Waals surface area (Å²) in [6, 6.07) is 8.08. The lowest BCUT2D eigenvalue weighted by Gasteiger charge is -2.24. The molecule has 2 heterocycles. The quantitative estimate of drug-likeness (QED) is 0.803. The zero-order valence-electron chi connectivity index (χ0n) is 14.8. The normalized spacial score (nSPS) is 26.4. The van der Waals surface area contributed by atoms with E-state index in [-0.39, 0.29) is 34.6 Å². The molecule has 2 fully saturated rings. The highest BCUT2D eigenvalue weighted by atomic mass is 32.2. The molecule has 7 heteroatoms. The van der Waals surface area contributed by atoms with Gasteiger partial charge in [-0.05, 0) is 18.4 Å². The summed E-state index contributed by atoms with van der Waals surface area (Å²) in [5.74, 6) is 0.445. The molecule has 2 atom stereocenters. The Morgan fingerprint density at radius 2 is 1.96 bits per heavy atom. The summed E-state index contributed by atoms with van der Waals surface area (Å²) in [4.78, 5) is 18.5. The molecule has 0 N–H and O–H groups in total. The summed E-state index contributed by atoms with van der Waals surface area (Å²) in [5.41, 5.74) is 2.28. The number of amides is 1. The number of benzene rings is 1. The van der Waals surface area contributed by atoms with Gasteiger partial charge in [0.05, 0.1) is 17.5 Å². The van der Waals surface area contributed by atoms with Crippen molar-refractivity contribution in [2.24, 2.45) is 10.9 Å². The van der Waals surface area contributed by atoms with E-state index >= 15 is 0 Å². The van der Waals surface area contributed by atoms with E-state index < -0.39 is 9.84 Å². The van der Waals surface area contributed by atoms with Crippen molar-refractivity contribution in [1.82, 2.24) is 4.90 Å². The Bertz CT molecular complexity index is 785. The monoisotopic (exact) mass is 380 g/mol. The maximum Gasteiger partial charge on any atom is 0.248 e. The van der Waals surface area contributed by atoms with Crippen LogP contribution in [-0.2, 0) is 21.2 Å². The lowest BCUT2D eigenvalue weighted by molar-refractivity contribution is -0.118. The number of hydrogen-bond acceptors (Lipinski definition) is 4. The molecule has 0 aromatic heterocycles. The average molecular weight is 381 g/mol. The van der Waals surface area contributed by atoms with Crippen molar-refractivity contribution in [1.29, 1.82) is 0 Å². The van der Waals surface area contributed by atoms with Crippen LogP contribution >= 0.6 is 11.8 Å². The second kappa shape index (κ2) is 7.11. The molecule has 2 aliphatic rings. The van der Waals surface area contributed by atoms with Crippen LogP contribution in [0.1, 0.15) is 31.4 Å².